The van der Waals surface area contributed by atoms with Crippen LogP contribution in [-0.4, -0.2) is 33.9 Å². The minimum absolute atomic E-state index is 0.0955. The molecule has 6 nitrogen and oxygen atoms in total. The number of thiol groups is 1. The Kier molecular flexibility index (Phi) is 4.62. The molecule has 0 fully saturated rings. The average molecular weight is 308 g/mol. The van der Waals surface area contributed by atoms with E-state index in [2.05, 4.69) is 12.6 Å². The number of nitro benzene ring substituents is 1. The summed E-state index contributed by atoms with van der Waals surface area (Å²) in [6.07, 6.45) is 1.77. The smallest absolute Gasteiger partial charge is 0.274 e. The third-order valence-electron chi connectivity index (χ3n) is 3.57. The second-order valence-electron chi connectivity index (χ2n) is 5.01. The molecule has 0 saturated heterocycles. The Bertz CT molecular complexity index is 603. The number of carbonyl (C=O) groups is 2. The number of hydrogen-bond acceptors (Lipinski definition) is 5. The van der Waals surface area contributed by atoms with Crippen molar-refractivity contribution in [3.8, 4) is 0 Å². The van der Waals surface area contributed by atoms with Gasteiger partial charge in [-0.15, -0.1) is 0 Å². The molecule has 1 unspecified atom stereocenters. The standard InChI is InChI=1S/C14H16N2O4S/c1-2-4-9(8-21)7-15-13(17)10-5-3-6-11(16(19)20)12(10)14(15)18/h3,5-6,9,21H,2,4,7-8H2,1H3. The zero-order chi connectivity index (χ0) is 15.6. The summed E-state index contributed by atoms with van der Waals surface area (Å²) < 4.78 is 0. The van der Waals surface area contributed by atoms with Gasteiger partial charge in [-0.05, 0) is 24.2 Å². The first-order valence-corrected chi connectivity index (χ1v) is 7.38. The van der Waals surface area contributed by atoms with Gasteiger partial charge in [0, 0.05) is 12.6 Å². The number of fused-ring (bicyclic) bond motifs is 1. The van der Waals surface area contributed by atoms with Gasteiger partial charge in [0.1, 0.15) is 5.56 Å². The van der Waals surface area contributed by atoms with Gasteiger partial charge >= 0.3 is 0 Å². The first-order valence-electron chi connectivity index (χ1n) is 6.75. The Labute approximate surface area is 127 Å². The molecule has 0 bridgehead atoms. The molecule has 0 aliphatic carbocycles. The number of nitrogens with zero attached hydrogens (tertiary/aromatic N) is 2. The van der Waals surface area contributed by atoms with Crippen LogP contribution in [0.2, 0.25) is 0 Å². The first-order chi connectivity index (χ1) is 10.0. The van der Waals surface area contributed by atoms with E-state index in [0.717, 1.165) is 17.7 Å². The molecule has 0 aromatic heterocycles. The summed E-state index contributed by atoms with van der Waals surface area (Å²) in [7, 11) is 0. The third kappa shape index (κ3) is 2.78. The lowest BCUT2D eigenvalue weighted by molar-refractivity contribution is -0.385. The molecular weight excluding hydrogens is 292 g/mol. The number of benzene rings is 1. The van der Waals surface area contributed by atoms with Crippen LogP contribution in [0, 0.1) is 16.0 Å². The molecule has 1 heterocycles. The molecule has 1 aromatic rings. The maximum absolute atomic E-state index is 12.4. The van der Waals surface area contributed by atoms with E-state index in [1.54, 1.807) is 0 Å². The Morgan fingerprint density at radius 1 is 1.33 bits per heavy atom. The second-order valence-corrected chi connectivity index (χ2v) is 5.38. The zero-order valence-electron chi connectivity index (χ0n) is 11.6. The fourth-order valence-corrected chi connectivity index (χ4v) is 2.84. The molecule has 2 rings (SSSR count). The van der Waals surface area contributed by atoms with Gasteiger partial charge in [0.05, 0.1) is 10.5 Å². The van der Waals surface area contributed by atoms with Gasteiger partial charge in [-0.3, -0.25) is 24.6 Å². The van der Waals surface area contributed by atoms with Crippen LogP contribution in [0.3, 0.4) is 0 Å². The van der Waals surface area contributed by atoms with E-state index in [1.165, 1.54) is 18.2 Å². The summed E-state index contributed by atoms with van der Waals surface area (Å²) >= 11 is 4.24. The summed E-state index contributed by atoms with van der Waals surface area (Å²) in [6.45, 7) is 2.27. The van der Waals surface area contributed by atoms with Gasteiger partial charge in [0.25, 0.3) is 17.5 Å². The Hall–Kier alpha value is -1.89. The molecule has 0 spiro atoms. The quantitative estimate of drug-likeness (QED) is 0.379. The van der Waals surface area contributed by atoms with Crippen molar-refractivity contribution in [1.29, 1.82) is 0 Å². The fourth-order valence-electron chi connectivity index (χ4n) is 2.54. The van der Waals surface area contributed by atoms with Crippen LogP contribution in [-0.2, 0) is 0 Å². The summed E-state index contributed by atoms with van der Waals surface area (Å²) in [5.41, 5.74) is -0.295. The predicted octanol–water partition coefficient (Wildman–Crippen LogP) is 2.54. The molecule has 0 saturated carbocycles. The van der Waals surface area contributed by atoms with Crippen LogP contribution in [0.15, 0.2) is 18.2 Å². The number of amides is 2. The van der Waals surface area contributed by atoms with Crippen molar-refractivity contribution in [1.82, 2.24) is 4.90 Å². The van der Waals surface area contributed by atoms with Gasteiger partial charge in [0.15, 0.2) is 0 Å². The molecule has 112 valence electrons. The number of hydrogen-bond donors (Lipinski definition) is 1. The van der Waals surface area contributed by atoms with E-state index >= 15 is 0 Å². The van der Waals surface area contributed by atoms with Crippen LogP contribution in [0.5, 0.6) is 0 Å². The molecule has 0 radical (unpaired) electrons. The molecule has 21 heavy (non-hydrogen) atoms. The maximum atomic E-state index is 12.4. The van der Waals surface area contributed by atoms with E-state index in [-0.39, 0.29) is 29.3 Å². The lowest BCUT2D eigenvalue weighted by Gasteiger charge is -2.20. The van der Waals surface area contributed by atoms with E-state index in [0.29, 0.717) is 5.75 Å². The summed E-state index contributed by atoms with van der Waals surface area (Å²) in [6, 6.07) is 4.13. The molecule has 1 aliphatic rings. The predicted molar refractivity (Wildman–Crippen MR) is 80.7 cm³/mol. The molecule has 1 aromatic carbocycles. The van der Waals surface area contributed by atoms with Gasteiger partial charge in [-0.1, -0.05) is 19.4 Å². The molecule has 2 amide bonds. The number of imide groups is 1. The van der Waals surface area contributed by atoms with Crippen molar-refractivity contribution in [3.05, 3.63) is 39.4 Å². The van der Waals surface area contributed by atoms with Gasteiger partial charge in [-0.2, -0.15) is 12.6 Å². The first kappa shape index (κ1) is 15.5. The number of carbonyl (C=O) groups excluding carboxylic acids is 2. The van der Waals surface area contributed by atoms with Crippen molar-refractivity contribution < 1.29 is 14.5 Å². The van der Waals surface area contributed by atoms with Crippen LogP contribution in [0.1, 0.15) is 40.5 Å². The lowest BCUT2D eigenvalue weighted by atomic mass is 10.1. The fraction of sp³-hybridized carbons (Fsp3) is 0.429. The monoisotopic (exact) mass is 308 g/mol. The van der Waals surface area contributed by atoms with E-state index in [1.807, 2.05) is 6.92 Å². The topological polar surface area (TPSA) is 80.5 Å². The summed E-state index contributed by atoms with van der Waals surface area (Å²) in [5.74, 6) is -0.380. The Morgan fingerprint density at radius 3 is 2.62 bits per heavy atom. The van der Waals surface area contributed by atoms with Crippen LogP contribution in [0.25, 0.3) is 0 Å². The molecule has 7 heteroatoms. The minimum atomic E-state index is -0.629. The SMILES string of the molecule is CCCC(CS)CN1C(=O)c2cccc([N+](=O)[O-])c2C1=O. The van der Waals surface area contributed by atoms with Crippen LogP contribution < -0.4 is 0 Å². The summed E-state index contributed by atoms with van der Waals surface area (Å²) in [4.78, 5) is 36.1. The highest BCUT2D eigenvalue weighted by Gasteiger charge is 2.41. The van der Waals surface area contributed by atoms with Crippen LogP contribution >= 0.6 is 12.6 Å². The van der Waals surface area contributed by atoms with Crippen LogP contribution in [0.4, 0.5) is 5.69 Å². The van der Waals surface area contributed by atoms with Crippen molar-refractivity contribution in [2.45, 2.75) is 19.8 Å². The molecule has 0 N–H and O–H groups in total. The van der Waals surface area contributed by atoms with Crippen molar-refractivity contribution in [2.24, 2.45) is 5.92 Å². The highest BCUT2D eigenvalue weighted by molar-refractivity contribution is 7.80. The van der Waals surface area contributed by atoms with E-state index < -0.39 is 16.7 Å². The summed E-state index contributed by atoms with van der Waals surface area (Å²) in [5, 5.41) is 11.0. The van der Waals surface area contributed by atoms with Gasteiger partial charge in [-0.25, -0.2) is 0 Å². The average Bonchev–Trinajstić information content (AvgIpc) is 2.71. The zero-order valence-corrected chi connectivity index (χ0v) is 12.5. The Balaban J connectivity index is 2.34. The molecule has 1 aliphatic heterocycles. The largest absolute Gasteiger partial charge is 0.282 e. The third-order valence-corrected chi connectivity index (χ3v) is 4.09. The van der Waals surface area contributed by atoms with Crippen molar-refractivity contribution in [3.63, 3.8) is 0 Å². The normalized spacial score (nSPS) is 15.2. The van der Waals surface area contributed by atoms with E-state index in [4.69, 9.17) is 0 Å². The Morgan fingerprint density at radius 2 is 2.05 bits per heavy atom. The highest BCUT2D eigenvalue weighted by atomic mass is 32.1. The molecule has 1 atom stereocenters. The van der Waals surface area contributed by atoms with E-state index in [9.17, 15) is 19.7 Å². The highest BCUT2D eigenvalue weighted by Crippen LogP contribution is 2.31. The molecular formula is C14H16N2O4S. The van der Waals surface area contributed by atoms with Gasteiger partial charge in [0.2, 0.25) is 0 Å². The second kappa shape index (κ2) is 6.26. The number of nitro groups is 1. The van der Waals surface area contributed by atoms with Gasteiger partial charge < -0.3 is 0 Å². The van der Waals surface area contributed by atoms with Crippen molar-refractivity contribution >= 4 is 30.1 Å². The lowest BCUT2D eigenvalue weighted by Crippen LogP contribution is -2.35. The maximum Gasteiger partial charge on any atom is 0.282 e. The minimum Gasteiger partial charge on any atom is -0.274 e. The van der Waals surface area contributed by atoms with Crippen molar-refractivity contribution in [2.75, 3.05) is 12.3 Å². The number of rotatable bonds is 6.